The van der Waals surface area contributed by atoms with Gasteiger partial charge in [-0.2, -0.15) is 4.31 Å². The molecule has 34 heavy (non-hydrogen) atoms. The Hall–Kier alpha value is -2.01. The van der Waals surface area contributed by atoms with Crippen molar-refractivity contribution in [3.05, 3.63) is 30.1 Å². The first-order valence-electron chi connectivity index (χ1n) is 12.2. The van der Waals surface area contributed by atoms with Crippen molar-refractivity contribution in [2.24, 2.45) is 11.7 Å². The van der Waals surface area contributed by atoms with Crippen LogP contribution in [-0.4, -0.2) is 84.3 Å². The van der Waals surface area contributed by atoms with Gasteiger partial charge in [0.25, 0.3) is 0 Å². The molecule has 3 heterocycles. The molecule has 3 atom stereocenters. The first-order chi connectivity index (χ1) is 16.2. The van der Waals surface area contributed by atoms with E-state index in [0.29, 0.717) is 19.7 Å². The number of sulfonamides is 1. The van der Waals surface area contributed by atoms with Crippen molar-refractivity contribution >= 4 is 27.0 Å². The SMILES string of the molecule is COCCCn1c(C2CCCN(C(=O)[C@@H]3CN(S(=O)(=O)C(C)C)C[C@H]3N)C2)nc2ccccc21. The van der Waals surface area contributed by atoms with Crippen LogP contribution in [0.2, 0.25) is 0 Å². The van der Waals surface area contributed by atoms with E-state index < -0.39 is 27.2 Å². The lowest BCUT2D eigenvalue weighted by molar-refractivity contribution is -0.136. The lowest BCUT2D eigenvalue weighted by Crippen LogP contribution is -2.47. The van der Waals surface area contributed by atoms with Gasteiger partial charge < -0.3 is 19.9 Å². The monoisotopic (exact) mass is 491 g/mol. The van der Waals surface area contributed by atoms with Crippen molar-refractivity contribution in [1.82, 2.24) is 18.8 Å². The fraction of sp³-hybridized carbons (Fsp3) is 0.667. The maximum atomic E-state index is 13.5. The number of hydrogen-bond acceptors (Lipinski definition) is 6. The predicted octanol–water partition coefficient (Wildman–Crippen LogP) is 1.78. The maximum Gasteiger partial charge on any atom is 0.228 e. The Labute approximate surface area is 202 Å². The highest BCUT2D eigenvalue weighted by molar-refractivity contribution is 7.89. The number of carbonyl (C=O) groups excluding carboxylic acids is 1. The van der Waals surface area contributed by atoms with Gasteiger partial charge in [-0.3, -0.25) is 4.79 Å². The van der Waals surface area contributed by atoms with E-state index in [-0.39, 0.29) is 24.9 Å². The van der Waals surface area contributed by atoms with Crippen molar-refractivity contribution in [1.29, 1.82) is 0 Å². The molecule has 2 aromatic rings. The third-order valence-corrected chi connectivity index (χ3v) is 9.33. The number of likely N-dealkylation sites (tertiary alicyclic amines) is 1. The van der Waals surface area contributed by atoms with Crippen LogP contribution in [0.25, 0.3) is 11.0 Å². The van der Waals surface area contributed by atoms with Gasteiger partial charge in [-0.25, -0.2) is 13.4 Å². The van der Waals surface area contributed by atoms with Crippen molar-refractivity contribution in [2.75, 3.05) is 39.9 Å². The zero-order valence-electron chi connectivity index (χ0n) is 20.4. The van der Waals surface area contributed by atoms with Crippen LogP contribution in [-0.2, 0) is 26.1 Å². The van der Waals surface area contributed by atoms with Gasteiger partial charge in [0.15, 0.2) is 0 Å². The molecule has 10 heteroatoms. The van der Waals surface area contributed by atoms with Crippen molar-refractivity contribution in [3.63, 3.8) is 0 Å². The van der Waals surface area contributed by atoms with Crippen molar-refractivity contribution in [2.45, 2.75) is 56.9 Å². The largest absolute Gasteiger partial charge is 0.385 e. The first kappa shape index (κ1) is 25.1. The molecule has 9 nitrogen and oxygen atoms in total. The molecule has 1 amide bonds. The summed E-state index contributed by atoms with van der Waals surface area (Å²) in [4.78, 5) is 20.3. The second-order valence-electron chi connectivity index (χ2n) is 9.76. The number of fused-ring (bicyclic) bond motifs is 1. The standard InChI is InChI=1S/C24H37N5O4S/c1-17(2)34(31,32)28-15-19(20(25)16-28)24(30)27-11-6-8-18(14-27)23-26-21-9-4-5-10-22(21)29(23)12-7-13-33-3/h4-5,9-10,17-20H,6-8,11-16,25H2,1-3H3/t18?,19-,20-/m1/s1. The molecule has 0 spiro atoms. The summed E-state index contributed by atoms with van der Waals surface area (Å²) in [6.07, 6.45) is 2.73. The quantitative estimate of drug-likeness (QED) is 0.564. The van der Waals surface area contributed by atoms with E-state index in [1.807, 2.05) is 23.1 Å². The number of benzene rings is 1. The highest BCUT2D eigenvalue weighted by atomic mass is 32.2. The van der Waals surface area contributed by atoms with E-state index in [1.54, 1.807) is 21.0 Å². The number of aryl methyl sites for hydroxylation is 1. The zero-order chi connectivity index (χ0) is 24.5. The smallest absolute Gasteiger partial charge is 0.228 e. The van der Waals surface area contributed by atoms with E-state index >= 15 is 0 Å². The van der Waals surface area contributed by atoms with Crippen LogP contribution in [0.5, 0.6) is 0 Å². The van der Waals surface area contributed by atoms with Gasteiger partial charge in [-0.1, -0.05) is 12.1 Å². The van der Waals surface area contributed by atoms with E-state index in [2.05, 4.69) is 10.6 Å². The lowest BCUT2D eigenvalue weighted by Gasteiger charge is -2.35. The Kier molecular flexibility index (Phi) is 7.61. The minimum Gasteiger partial charge on any atom is -0.385 e. The number of nitrogens with zero attached hydrogens (tertiary/aromatic N) is 4. The summed E-state index contributed by atoms with van der Waals surface area (Å²) in [5.74, 6) is 0.587. The predicted molar refractivity (Wildman–Crippen MR) is 132 cm³/mol. The number of hydrogen-bond donors (Lipinski definition) is 1. The fourth-order valence-corrected chi connectivity index (χ4v) is 6.53. The van der Waals surface area contributed by atoms with E-state index in [1.165, 1.54) is 4.31 Å². The van der Waals surface area contributed by atoms with E-state index in [9.17, 15) is 13.2 Å². The molecule has 0 bridgehead atoms. The van der Waals surface area contributed by atoms with Gasteiger partial charge >= 0.3 is 0 Å². The molecule has 2 fully saturated rings. The molecule has 1 aromatic carbocycles. The molecule has 2 aliphatic rings. The molecule has 0 radical (unpaired) electrons. The highest BCUT2D eigenvalue weighted by Gasteiger charge is 2.43. The Bertz CT molecular complexity index is 1120. The number of para-hydroxylation sites is 2. The van der Waals surface area contributed by atoms with Gasteiger partial charge in [0, 0.05) is 58.4 Å². The van der Waals surface area contributed by atoms with Crippen LogP contribution < -0.4 is 5.73 Å². The zero-order valence-corrected chi connectivity index (χ0v) is 21.2. The first-order valence-corrected chi connectivity index (χ1v) is 13.7. The molecule has 4 rings (SSSR count). The van der Waals surface area contributed by atoms with Gasteiger partial charge in [0.2, 0.25) is 15.9 Å². The molecule has 2 N–H and O–H groups in total. The lowest BCUT2D eigenvalue weighted by atomic mass is 9.94. The number of carbonyl (C=O) groups is 1. The summed E-state index contributed by atoms with van der Waals surface area (Å²) in [5.41, 5.74) is 8.35. The van der Waals surface area contributed by atoms with Gasteiger partial charge in [-0.05, 0) is 45.2 Å². The summed E-state index contributed by atoms with van der Waals surface area (Å²) in [7, 11) is -1.73. The van der Waals surface area contributed by atoms with Gasteiger partial charge in [0.05, 0.1) is 22.2 Å². The van der Waals surface area contributed by atoms with Crippen LogP contribution in [0, 0.1) is 5.92 Å². The summed E-state index contributed by atoms with van der Waals surface area (Å²) in [6, 6.07) is 7.65. The number of ether oxygens (including phenoxy) is 1. The van der Waals surface area contributed by atoms with Crippen molar-refractivity contribution < 1.29 is 17.9 Å². The Morgan fingerprint density at radius 3 is 2.74 bits per heavy atom. The molecule has 188 valence electrons. The second kappa shape index (κ2) is 10.3. The summed E-state index contributed by atoms with van der Waals surface area (Å²) in [5, 5.41) is -0.529. The molecule has 0 aliphatic carbocycles. The summed E-state index contributed by atoms with van der Waals surface area (Å²) < 4.78 is 34.1. The molecular weight excluding hydrogens is 454 g/mol. The third-order valence-electron chi connectivity index (χ3n) is 7.12. The average Bonchev–Trinajstić information content (AvgIpc) is 3.40. The number of aromatic nitrogens is 2. The molecule has 1 aromatic heterocycles. The normalized spacial score (nSPS) is 24.4. The topological polar surface area (TPSA) is 111 Å². The number of rotatable bonds is 8. The molecule has 2 saturated heterocycles. The number of piperidine rings is 1. The second-order valence-corrected chi connectivity index (χ2v) is 12.3. The van der Waals surface area contributed by atoms with Crippen LogP contribution >= 0.6 is 0 Å². The Morgan fingerprint density at radius 2 is 2.00 bits per heavy atom. The van der Waals surface area contributed by atoms with Crippen LogP contribution in [0.4, 0.5) is 0 Å². The van der Waals surface area contributed by atoms with E-state index in [0.717, 1.165) is 42.7 Å². The molecule has 1 unspecified atom stereocenters. The van der Waals surface area contributed by atoms with E-state index in [4.69, 9.17) is 15.5 Å². The average molecular weight is 492 g/mol. The van der Waals surface area contributed by atoms with Gasteiger partial charge in [0.1, 0.15) is 5.82 Å². The van der Waals surface area contributed by atoms with Crippen LogP contribution in [0.15, 0.2) is 24.3 Å². The molecular formula is C24H37N5O4S. The number of amides is 1. The summed E-state index contributed by atoms with van der Waals surface area (Å²) in [6.45, 7) is 6.40. The van der Waals surface area contributed by atoms with Crippen molar-refractivity contribution in [3.8, 4) is 0 Å². The maximum absolute atomic E-state index is 13.5. The minimum absolute atomic E-state index is 0.0410. The number of methoxy groups -OCH3 is 1. The highest BCUT2D eigenvalue weighted by Crippen LogP contribution is 2.31. The Balaban J connectivity index is 1.52. The van der Waals surface area contributed by atoms with Crippen LogP contribution in [0.3, 0.4) is 0 Å². The Morgan fingerprint density at radius 1 is 1.24 bits per heavy atom. The fourth-order valence-electron chi connectivity index (χ4n) is 5.19. The molecule has 0 saturated carbocycles. The van der Waals surface area contributed by atoms with Crippen LogP contribution in [0.1, 0.15) is 44.9 Å². The molecule has 2 aliphatic heterocycles. The number of imidazole rings is 1. The third kappa shape index (κ3) is 4.86. The number of nitrogens with two attached hydrogens (primary N) is 1. The van der Waals surface area contributed by atoms with Gasteiger partial charge in [-0.15, -0.1) is 0 Å². The summed E-state index contributed by atoms with van der Waals surface area (Å²) >= 11 is 0. The minimum atomic E-state index is -3.43.